The van der Waals surface area contributed by atoms with Crippen LogP contribution in [0.15, 0.2) is 22.8 Å². The summed E-state index contributed by atoms with van der Waals surface area (Å²) in [5.41, 5.74) is 0. The molecule has 0 aliphatic carbocycles. The average molecular weight is 350 g/mol. The molecule has 8 heteroatoms. The Balaban J connectivity index is 2.86. The molecule has 0 atom stereocenters. The van der Waals surface area contributed by atoms with Gasteiger partial charge < -0.3 is 0 Å². The number of anilines is 1. The minimum Gasteiger partial charge on any atom is -0.296 e. The van der Waals surface area contributed by atoms with Crippen LogP contribution in [0.5, 0.6) is 0 Å². The molecule has 1 amide bonds. The first-order valence-electron chi connectivity index (χ1n) is 5.59. The van der Waals surface area contributed by atoms with Gasteiger partial charge in [-0.25, -0.2) is 13.4 Å². The van der Waals surface area contributed by atoms with Crippen LogP contribution < -0.4 is 4.90 Å². The summed E-state index contributed by atoms with van der Waals surface area (Å²) in [6.45, 7) is 2.03. The monoisotopic (exact) mass is 349 g/mol. The minimum atomic E-state index is -3.37. The number of rotatable bonds is 5. The highest BCUT2D eigenvalue weighted by molar-refractivity contribution is 9.10. The number of amides is 1. The lowest BCUT2D eigenvalue weighted by molar-refractivity contribution is -0.118. The predicted octanol–water partition coefficient (Wildman–Crippen LogP) is 1.09. The highest BCUT2D eigenvalue weighted by atomic mass is 79.9. The molecule has 0 saturated heterocycles. The standard InChI is InChI=1S/C11H16BrN3O3S/c1-4-15(10-6-5-9(12)7-13-10)11(16)8-14(2)19(3,17)18/h5-7H,4,8H2,1-3H3. The Morgan fingerprint density at radius 2 is 2.05 bits per heavy atom. The number of hydrogen-bond donors (Lipinski definition) is 0. The lowest BCUT2D eigenvalue weighted by Gasteiger charge is -2.22. The molecule has 0 aromatic carbocycles. The van der Waals surface area contributed by atoms with Crippen molar-refractivity contribution in [3.63, 3.8) is 0 Å². The van der Waals surface area contributed by atoms with Gasteiger partial charge in [-0.1, -0.05) is 0 Å². The molecule has 0 bridgehead atoms. The molecule has 0 aliphatic heterocycles. The molecule has 0 aliphatic rings. The Kier molecular flexibility index (Phi) is 5.45. The number of likely N-dealkylation sites (N-methyl/N-ethyl adjacent to an activating group) is 2. The van der Waals surface area contributed by atoms with Crippen molar-refractivity contribution in [3.05, 3.63) is 22.8 Å². The van der Waals surface area contributed by atoms with E-state index in [4.69, 9.17) is 0 Å². The van der Waals surface area contributed by atoms with E-state index in [0.717, 1.165) is 15.0 Å². The zero-order valence-electron chi connectivity index (χ0n) is 11.0. The van der Waals surface area contributed by atoms with Gasteiger partial charge in [-0.05, 0) is 35.0 Å². The van der Waals surface area contributed by atoms with Crippen molar-refractivity contribution in [1.29, 1.82) is 0 Å². The molecule has 0 radical (unpaired) electrons. The van der Waals surface area contributed by atoms with E-state index in [1.807, 2.05) is 6.92 Å². The van der Waals surface area contributed by atoms with E-state index < -0.39 is 10.0 Å². The smallest absolute Gasteiger partial charge is 0.243 e. The summed E-state index contributed by atoms with van der Waals surface area (Å²) in [4.78, 5) is 17.7. The van der Waals surface area contributed by atoms with Crippen LogP contribution in [0.2, 0.25) is 0 Å². The van der Waals surface area contributed by atoms with Crippen molar-refractivity contribution in [2.24, 2.45) is 0 Å². The van der Waals surface area contributed by atoms with Crippen LogP contribution in [0, 0.1) is 0 Å². The molecule has 19 heavy (non-hydrogen) atoms. The van der Waals surface area contributed by atoms with Crippen molar-refractivity contribution >= 4 is 37.7 Å². The molecule has 1 rings (SSSR count). The van der Waals surface area contributed by atoms with Gasteiger partial charge in [0.15, 0.2) is 0 Å². The molecule has 1 heterocycles. The Bertz CT molecular complexity index is 545. The van der Waals surface area contributed by atoms with E-state index in [1.54, 1.807) is 18.3 Å². The molecular weight excluding hydrogens is 334 g/mol. The zero-order valence-corrected chi connectivity index (χ0v) is 13.4. The molecule has 1 aromatic rings. The summed E-state index contributed by atoms with van der Waals surface area (Å²) in [6.07, 6.45) is 2.65. The van der Waals surface area contributed by atoms with Gasteiger partial charge in [-0.15, -0.1) is 0 Å². The fourth-order valence-corrected chi connectivity index (χ4v) is 1.97. The average Bonchev–Trinajstić information content (AvgIpc) is 2.31. The van der Waals surface area contributed by atoms with E-state index in [2.05, 4.69) is 20.9 Å². The first-order chi connectivity index (χ1) is 8.75. The number of halogens is 1. The van der Waals surface area contributed by atoms with Gasteiger partial charge in [0.05, 0.1) is 12.8 Å². The number of carbonyl (C=O) groups is 1. The van der Waals surface area contributed by atoms with Gasteiger partial charge in [-0.2, -0.15) is 4.31 Å². The first kappa shape index (κ1) is 16.1. The maximum Gasteiger partial charge on any atom is 0.243 e. The lowest BCUT2D eigenvalue weighted by atomic mass is 10.4. The SMILES string of the molecule is CCN(C(=O)CN(C)S(C)(=O)=O)c1ccc(Br)cn1. The number of carbonyl (C=O) groups excluding carboxylic acids is 1. The zero-order chi connectivity index (χ0) is 14.6. The van der Waals surface area contributed by atoms with Crippen LogP contribution in [0.25, 0.3) is 0 Å². The van der Waals surface area contributed by atoms with Crippen LogP contribution in [-0.2, 0) is 14.8 Å². The second kappa shape index (κ2) is 6.44. The fraction of sp³-hybridized carbons (Fsp3) is 0.455. The van der Waals surface area contributed by atoms with E-state index in [9.17, 15) is 13.2 Å². The van der Waals surface area contributed by atoms with Crippen molar-refractivity contribution in [2.45, 2.75) is 6.92 Å². The molecule has 0 fully saturated rings. The second-order valence-electron chi connectivity index (χ2n) is 3.99. The van der Waals surface area contributed by atoms with Crippen LogP contribution in [0.4, 0.5) is 5.82 Å². The summed E-state index contributed by atoms with van der Waals surface area (Å²) < 4.78 is 24.4. The van der Waals surface area contributed by atoms with Gasteiger partial charge in [-0.3, -0.25) is 9.69 Å². The third kappa shape index (κ3) is 4.55. The quantitative estimate of drug-likeness (QED) is 0.797. The topological polar surface area (TPSA) is 70.6 Å². The fourth-order valence-electron chi connectivity index (χ4n) is 1.39. The van der Waals surface area contributed by atoms with Crippen LogP contribution in [-0.4, -0.2) is 50.0 Å². The normalized spacial score (nSPS) is 11.6. The molecule has 6 nitrogen and oxygen atoms in total. The Morgan fingerprint density at radius 3 is 2.47 bits per heavy atom. The highest BCUT2D eigenvalue weighted by Crippen LogP contribution is 2.15. The third-order valence-corrected chi connectivity index (χ3v) is 4.26. The van der Waals surface area contributed by atoms with E-state index in [0.29, 0.717) is 12.4 Å². The summed E-state index contributed by atoms with van der Waals surface area (Å²) in [5, 5.41) is 0. The van der Waals surface area contributed by atoms with E-state index in [-0.39, 0.29) is 12.5 Å². The van der Waals surface area contributed by atoms with E-state index in [1.165, 1.54) is 11.9 Å². The van der Waals surface area contributed by atoms with Crippen molar-refractivity contribution in [3.8, 4) is 0 Å². The summed E-state index contributed by atoms with van der Waals surface area (Å²) in [7, 11) is -2.00. The number of nitrogens with zero attached hydrogens (tertiary/aromatic N) is 3. The molecule has 1 aromatic heterocycles. The predicted molar refractivity (Wildman–Crippen MR) is 77.4 cm³/mol. The molecule has 0 N–H and O–H groups in total. The summed E-state index contributed by atoms with van der Waals surface area (Å²) in [5.74, 6) is 0.183. The highest BCUT2D eigenvalue weighted by Gasteiger charge is 2.20. The summed E-state index contributed by atoms with van der Waals surface area (Å²) >= 11 is 3.27. The summed E-state index contributed by atoms with van der Waals surface area (Å²) in [6, 6.07) is 3.48. The minimum absolute atomic E-state index is 0.204. The van der Waals surface area contributed by atoms with Crippen LogP contribution >= 0.6 is 15.9 Å². The van der Waals surface area contributed by atoms with Crippen molar-refractivity contribution < 1.29 is 13.2 Å². The van der Waals surface area contributed by atoms with Crippen LogP contribution in [0.1, 0.15) is 6.92 Å². The maximum absolute atomic E-state index is 12.1. The second-order valence-corrected chi connectivity index (χ2v) is 7.00. The Morgan fingerprint density at radius 1 is 1.42 bits per heavy atom. The van der Waals surface area contributed by atoms with Crippen molar-refractivity contribution in [2.75, 3.05) is 31.3 Å². The number of sulfonamides is 1. The third-order valence-electron chi connectivity index (χ3n) is 2.53. The Hall–Kier alpha value is -0.990. The molecular formula is C11H16BrN3O3S. The largest absolute Gasteiger partial charge is 0.296 e. The molecule has 0 saturated carbocycles. The molecule has 106 valence electrons. The number of pyridine rings is 1. The first-order valence-corrected chi connectivity index (χ1v) is 8.23. The molecule has 0 unspecified atom stereocenters. The van der Waals surface area contributed by atoms with Gasteiger partial charge in [0.1, 0.15) is 5.82 Å². The maximum atomic E-state index is 12.1. The van der Waals surface area contributed by atoms with Gasteiger partial charge >= 0.3 is 0 Å². The number of hydrogen-bond acceptors (Lipinski definition) is 4. The van der Waals surface area contributed by atoms with E-state index >= 15 is 0 Å². The Labute approximate surface area is 121 Å². The van der Waals surface area contributed by atoms with Gasteiger partial charge in [0, 0.05) is 24.3 Å². The number of aromatic nitrogens is 1. The van der Waals surface area contributed by atoms with Crippen LogP contribution in [0.3, 0.4) is 0 Å². The van der Waals surface area contributed by atoms with Crippen molar-refractivity contribution in [1.82, 2.24) is 9.29 Å². The van der Waals surface area contributed by atoms with Gasteiger partial charge in [0.2, 0.25) is 15.9 Å². The molecule has 0 spiro atoms. The van der Waals surface area contributed by atoms with Gasteiger partial charge in [0.25, 0.3) is 0 Å². The lowest BCUT2D eigenvalue weighted by Crippen LogP contribution is -2.41.